The third-order valence-electron chi connectivity index (χ3n) is 5.03. The van der Waals surface area contributed by atoms with Crippen molar-refractivity contribution in [3.8, 4) is 23.0 Å². The van der Waals surface area contributed by atoms with Crippen LogP contribution in [0.4, 0.5) is 13.2 Å². The van der Waals surface area contributed by atoms with Crippen molar-refractivity contribution in [2.45, 2.75) is 19.8 Å². The van der Waals surface area contributed by atoms with Crippen LogP contribution in [0.5, 0.6) is 0 Å². The number of hydrogen-bond acceptors (Lipinski definition) is 0. The largest absolute Gasteiger partial charge is 0.206 e. The Morgan fingerprint density at radius 2 is 1.43 bits per heavy atom. The van der Waals surface area contributed by atoms with Gasteiger partial charge in [0, 0.05) is 22.1 Å². The highest BCUT2D eigenvalue weighted by molar-refractivity contribution is 5.84. The Balaban J connectivity index is 1.57. The molecule has 0 N–H and O–H groups in total. The Kier molecular flexibility index (Phi) is 5.59. The van der Waals surface area contributed by atoms with Gasteiger partial charge >= 0.3 is 0 Å². The molecule has 0 amide bonds. The van der Waals surface area contributed by atoms with Crippen LogP contribution in [-0.4, -0.2) is 0 Å². The number of rotatable bonds is 3. The number of aryl methyl sites for hydroxylation is 1. The second kappa shape index (κ2) is 8.47. The maximum Gasteiger partial charge on any atom is 0.166 e. The lowest BCUT2D eigenvalue weighted by atomic mass is 10.0. The van der Waals surface area contributed by atoms with E-state index < -0.39 is 11.6 Å². The van der Waals surface area contributed by atoms with E-state index in [1.807, 2.05) is 36.4 Å². The van der Waals surface area contributed by atoms with Gasteiger partial charge in [0.05, 0.1) is 0 Å². The van der Waals surface area contributed by atoms with E-state index in [1.165, 1.54) is 12.1 Å². The molecule has 30 heavy (non-hydrogen) atoms. The molecule has 0 saturated heterocycles. The number of benzene rings is 4. The Morgan fingerprint density at radius 3 is 2.17 bits per heavy atom. The van der Waals surface area contributed by atoms with Crippen molar-refractivity contribution in [1.82, 2.24) is 0 Å². The van der Waals surface area contributed by atoms with E-state index in [0.29, 0.717) is 16.5 Å². The molecule has 0 radical (unpaired) electrons. The third kappa shape index (κ3) is 4.09. The smallest absolute Gasteiger partial charge is 0.166 e. The third-order valence-corrected chi connectivity index (χ3v) is 5.03. The van der Waals surface area contributed by atoms with Crippen molar-refractivity contribution >= 4 is 10.8 Å². The Bertz CT molecular complexity index is 1280. The maximum absolute atomic E-state index is 14.4. The molecule has 0 aliphatic carbocycles. The molecule has 4 rings (SSSR count). The van der Waals surface area contributed by atoms with E-state index in [2.05, 4.69) is 18.8 Å². The van der Waals surface area contributed by atoms with Crippen LogP contribution >= 0.6 is 0 Å². The van der Waals surface area contributed by atoms with Gasteiger partial charge in [0.1, 0.15) is 5.82 Å². The zero-order chi connectivity index (χ0) is 21.1. The SMILES string of the molecule is CCCc1ccc(-c2ccc(C#Cc3ccc4c(F)c(F)ccc4c3)cc2)c(F)c1. The average Bonchev–Trinajstić information content (AvgIpc) is 2.76. The van der Waals surface area contributed by atoms with Crippen LogP contribution in [0.3, 0.4) is 0 Å². The summed E-state index contributed by atoms with van der Waals surface area (Å²) in [5, 5.41) is 0.829. The molecule has 0 heterocycles. The van der Waals surface area contributed by atoms with Crippen LogP contribution in [0, 0.1) is 29.3 Å². The quantitative estimate of drug-likeness (QED) is 0.317. The van der Waals surface area contributed by atoms with Gasteiger partial charge in [-0.15, -0.1) is 0 Å². The van der Waals surface area contributed by atoms with Gasteiger partial charge < -0.3 is 0 Å². The van der Waals surface area contributed by atoms with Crippen molar-refractivity contribution in [1.29, 1.82) is 0 Å². The maximum atomic E-state index is 14.4. The zero-order valence-corrected chi connectivity index (χ0v) is 16.5. The number of fused-ring (bicyclic) bond motifs is 1. The molecular formula is C27H19F3. The van der Waals surface area contributed by atoms with Crippen LogP contribution in [0.15, 0.2) is 72.8 Å². The molecule has 4 aromatic rings. The summed E-state index contributed by atoms with van der Waals surface area (Å²) in [6.07, 6.45) is 1.84. The van der Waals surface area contributed by atoms with E-state index in [0.717, 1.165) is 35.6 Å². The lowest BCUT2D eigenvalue weighted by Crippen LogP contribution is -1.89. The fourth-order valence-corrected chi connectivity index (χ4v) is 3.46. The van der Waals surface area contributed by atoms with Crippen LogP contribution < -0.4 is 0 Å². The predicted molar refractivity (Wildman–Crippen MR) is 116 cm³/mol. The van der Waals surface area contributed by atoms with Crippen LogP contribution in [0.25, 0.3) is 21.9 Å². The molecule has 0 atom stereocenters. The van der Waals surface area contributed by atoms with Gasteiger partial charge in [0.2, 0.25) is 0 Å². The van der Waals surface area contributed by atoms with Crippen molar-refractivity contribution in [3.63, 3.8) is 0 Å². The first kappa shape index (κ1) is 19.8. The molecular weight excluding hydrogens is 381 g/mol. The Hall–Kier alpha value is -3.51. The highest BCUT2D eigenvalue weighted by Gasteiger charge is 2.07. The summed E-state index contributed by atoms with van der Waals surface area (Å²) >= 11 is 0. The summed E-state index contributed by atoms with van der Waals surface area (Å²) in [5.41, 5.74) is 3.85. The van der Waals surface area contributed by atoms with Crippen molar-refractivity contribution in [3.05, 3.63) is 107 Å². The minimum atomic E-state index is -0.863. The first-order chi connectivity index (χ1) is 14.5. The molecule has 0 spiro atoms. The van der Waals surface area contributed by atoms with Gasteiger partial charge in [-0.3, -0.25) is 0 Å². The summed E-state index contributed by atoms with van der Waals surface area (Å²) in [7, 11) is 0. The average molecular weight is 400 g/mol. The molecule has 0 saturated carbocycles. The molecule has 0 bridgehead atoms. The van der Waals surface area contributed by atoms with Gasteiger partial charge in [-0.1, -0.05) is 61.6 Å². The fourth-order valence-electron chi connectivity index (χ4n) is 3.46. The van der Waals surface area contributed by atoms with Crippen molar-refractivity contribution in [2.24, 2.45) is 0 Å². The predicted octanol–water partition coefficient (Wildman–Crippen LogP) is 7.28. The molecule has 0 aliphatic heterocycles. The lowest BCUT2D eigenvalue weighted by molar-refractivity contribution is 0.517. The molecule has 0 fully saturated rings. The summed E-state index contributed by atoms with van der Waals surface area (Å²) in [5.74, 6) is 4.16. The minimum absolute atomic E-state index is 0.223. The number of hydrogen-bond donors (Lipinski definition) is 0. The van der Waals surface area contributed by atoms with Gasteiger partial charge in [-0.25, -0.2) is 13.2 Å². The van der Waals surface area contributed by atoms with E-state index >= 15 is 0 Å². The van der Waals surface area contributed by atoms with Gasteiger partial charge in [0.25, 0.3) is 0 Å². The normalized spacial score (nSPS) is 10.7. The second-order valence-electron chi connectivity index (χ2n) is 7.19. The van der Waals surface area contributed by atoms with E-state index in [1.54, 1.807) is 18.2 Å². The van der Waals surface area contributed by atoms with Crippen LogP contribution in [-0.2, 0) is 6.42 Å². The molecule has 0 unspecified atom stereocenters. The van der Waals surface area contributed by atoms with Gasteiger partial charge in [0.15, 0.2) is 11.6 Å². The highest BCUT2D eigenvalue weighted by Crippen LogP contribution is 2.25. The van der Waals surface area contributed by atoms with E-state index in [-0.39, 0.29) is 11.2 Å². The van der Waals surface area contributed by atoms with Crippen molar-refractivity contribution in [2.75, 3.05) is 0 Å². The summed E-state index contributed by atoms with van der Waals surface area (Å²) in [6, 6.07) is 20.3. The lowest BCUT2D eigenvalue weighted by Gasteiger charge is -2.06. The van der Waals surface area contributed by atoms with Gasteiger partial charge in [-0.05, 0) is 59.3 Å². The monoisotopic (exact) mass is 400 g/mol. The second-order valence-corrected chi connectivity index (χ2v) is 7.19. The molecule has 0 aromatic heterocycles. The van der Waals surface area contributed by atoms with E-state index in [9.17, 15) is 13.2 Å². The fraction of sp³-hybridized carbons (Fsp3) is 0.111. The Labute approximate surface area is 174 Å². The molecule has 3 heteroatoms. The summed E-state index contributed by atoms with van der Waals surface area (Å²) in [6.45, 7) is 2.07. The minimum Gasteiger partial charge on any atom is -0.206 e. The van der Waals surface area contributed by atoms with E-state index in [4.69, 9.17) is 0 Å². The number of halogens is 3. The molecule has 0 aliphatic rings. The topological polar surface area (TPSA) is 0 Å². The first-order valence-corrected chi connectivity index (χ1v) is 9.84. The Morgan fingerprint density at radius 1 is 0.700 bits per heavy atom. The van der Waals surface area contributed by atoms with Crippen LogP contribution in [0.1, 0.15) is 30.0 Å². The molecule has 4 aromatic carbocycles. The standard InChI is InChI=1S/C27H19F3/c1-2-3-19-8-13-23(26(29)17-19)21-10-6-18(7-11-21)4-5-20-9-14-24-22(16-20)12-15-25(28)27(24)30/h6-17H,2-3H2,1H3. The van der Waals surface area contributed by atoms with Crippen LogP contribution in [0.2, 0.25) is 0 Å². The van der Waals surface area contributed by atoms with Gasteiger partial charge in [-0.2, -0.15) is 0 Å². The summed E-state index contributed by atoms with van der Waals surface area (Å²) in [4.78, 5) is 0. The highest BCUT2D eigenvalue weighted by atomic mass is 19.2. The zero-order valence-electron chi connectivity index (χ0n) is 16.5. The van der Waals surface area contributed by atoms with Crippen molar-refractivity contribution < 1.29 is 13.2 Å². The molecule has 0 nitrogen and oxygen atoms in total. The molecule has 148 valence electrons. The first-order valence-electron chi connectivity index (χ1n) is 9.84. The summed E-state index contributed by atoms with van der Waals surface area (Å²) < 4.78 is 41.6.